The molecule has 0 radical (unpaired) electrons. The summed E-state index contributed by atoms with van der Waals surface area (Å²) in [4.78, 5) is 37.8. The molecule has 0 saturated heterocycles. The van der Waals surface area contributed by atoms with Crippen molar-refractivity contribution in [3.8, 4) is 0 Å². The molecular formula is C54H86O6. The summed E-state index contributed by atoms with van der Waals surface area (Å²) in [6.07, 6.45) is 63.8. The zero-order valence-corrected chi connectivity index (χ0v) is 38.4. The molecule has 0 spiro atoms. The van der Waals surface area contributed by atoms with Gasteiger partial charge in [0, 0.05) is 19.3 Å². The van der Waals surface area contributed by atoms with Crippen LogP contribution in [0.5, 0.6) is 0 Å². The molecule has 338 valence electrons. The number of ether oxygens (including phenoxy) is 3. The number of carbonyl (C=O) groups excluding carboxylic acids is 3. The van der Waals surface area contributed by atoms with E-state index in [1.54, 1.807) is 0 Å². The van der Waals surface area contributed by atoms with E-state index in [4.69, 9.17) is 14.2 Å². The van der Waals surface area contributed by atoms with Crippen molar-refractivity contribution < 1.29 is 28.6 Å². The number of allylic oxidation sites excluding steroid dienone is 18. The third-order valence-electron chi connectivity index (χ3n) is 9.65. The van der Waals surface area contributed by atoms with Gasteiger partial charge < -0.3 is 14.2 Å². The van der Waals surface area contributed by atoms with E-state index in [1.807, 2.05) is 60.8 Å². The maximum atomic E-state index is 12.7. The first-order valence-corrected chi connectivity index (χ1v) is 24.0. The van der Waals surface area contributed by atoms with Crippen molar-refractivity contribution >= 4 is 17.9 Å². The molecule has 1 unspecified atom stereocenters. The average Bonchev–Trinajstić information content (AvgIpc) is 3.24. The quantitative estimate of drug-likeness (QED) is 0.0201. The van der Waals surface area contributed by atoms with Crippen molar-refractivity contribution in [2.75, 3.05) is 13.2 Å². The molecule has 0 amide bonds. The molecule has 0 aromatic carbocycles. The second-order valence-corrected chi connectivity index (χ2v) is 15.4. The second-order valence-electron chi connectivity index (χ2n) is 15.4. The number of carbonyl (C=O) groups is 3. The largest absolute Gasteiger partial charge is 0.462 e. The summed E-state index contributed by atoms with van der Waals surface area (Å²) in [6, 6.07) is 0. The Balaban J connectivity index is 4.61. The highest BCUT2D eigenvalue weighted by molar-refractivity contribution is 5.71. The Morgan fingerprint density at radius 2 is 0.767 bits per heavy atom. The molecular weight excluding hydrogens is 745 g/mol. The van der Waals surface area contributed by atoms with Crippen LogP contribution < -0.4 is 0 Å². The Morgan fingerprint density at radius 1 is 0.367 bits per heavy atom. The number of hydrogen-bond donors (Lipinski definition) is 0. The second kappa shape index (κ2) is 47.7. The average molecular weight is 831 g/mol. The normalized spacial score (nSPS) is 13.1. The minimum absolute atomic E-state index is 0.140. The van der Waals surface area contributed by atoms with Crippen molar-refractivity contribution in [1.29, 1.82) is 0 Å². The Bertz CT molecular complexity index is 1280. The zero-order chi connectivity index (χ0) is 43.7. The van der Waals surface area contributed by atoms with Gasteiger partial charge in [0.2, 0.25) is 0 Å². The van der Waals surface area contributed by atoms with Crippen molar-refractivity contribution in [2.24, 2.45) is 0 Å². The lowest BCUT2D eigenvalue weighted by molar-refractivity contribution is -0.166. The molecule has 0 saturated carbocycles. The van der Waals surface area contributed by atoms with Gasteiger partial charge in [-0.2, -0.15) is 0 Å². The summed E-state index contributed by atoms with van der Waals surface area (Å²) in [5.74, 6) is -1.12. The zero-order valence-electron chi connectivity index (χ0n) is 38.4. The highest BCUT2D eigenvalue weighted by Gasteiger charge is 2.19. The van der Waals surface area contributed by atoms with Crippen molar-refractivity contribution in [3.05, 3.63) is 109 Å². The fraction of sp³-hybridized carbons (Fsp3) is 0.611. The van der Waals surface area contributed by atoms with Crippen LogP contribution in [-0.4, -0.2) is 37.2 Å². The van der Waals surface area contributed by atoms with Gasteiger partial charge in [-0.05, 0) is 77.0 Å². The molecule has 0 aliphatic carbocycles. The van der Waals surface area contributed by atoms with Crippen LogP contribution in [-0.2, 0) is 28.6 Å². The summed E-state index contributed by atoms with van der Waals surface area (Å²) in [5, 5.41) is 0. The highest BCUT2D eigenvalue weighted by atomic mass is 16.6. The molecule has 0 fully saturated rings. The third-order valence-corrected chi connectivity index (χ3v) is 9.65. The van der Waals surface area contributed by atoms with Gasteiger partial charge in [0.25, 0.3) is 0 Å². The lowest BCUT2D eigenvalue weighted by Crippen LogP contribution is -2.30. The minimum atomic E-state index is -0.849. The molecule has 0 heterocycles. The summed E-state index contributed by atoms with van der Waals surface area (Å²) in [5.41, 5.74) is 0. The van der Waals surface area contributed by atoms with E-state index in [0.717, 1.165) is 51.4 Å². The molecule has 6 nitrogen and oxygen atoms in total. The predicted molar refractivity (Wildman–Crippen MR) is 256 cm³/mol. The molecule has 60 heavy (non-hydrogen) atoms. The van der Waals surface area contributed by atoms with Crippen LogP contribution in [0.15, 0.2) is 109 Å². The lowest BCUT2D eigenvalue weighted by atomic mass is 10.1. The van der Waals surface area contributed by atoms with Gasteiger partial charge in [0.15, 0.2) is 6.10 Å². The third kappa shape index (κ3) is 45.2. The van der Waals surface area contributed by atoms with Crippen LogP contribution in [0.25, 0.3) is 0 Å². The van der Waals surface area contributed by atoms with Crippen LogP contribution in [0, 0.1) is 0 Å². The first-order valence-electron chi connectivity index (χ1n) is 24.0. The van der Waals surface area contributed by atoms with Gasteiger partial charge in [-0.3, -0.25) is 14.4 Å². The monoisotopic (exact) mass is 831 g/mol. The van der Waals surface area contributed by atoms with E-state index in [-0.39, 0.29) is 38.0 Å². The molecule has 0 rings (SSSR count). The van der Waals surface area contributed by atoms with Crippen LogP contribution >= 0.6 is 0 Å². The molecule has 0 bridgehead atoms. The number of hydrogen-bond acceptors (Lipinski definition) is 6. The van der Waals surface area contributed by atoms with E-state index < -0.39 is 12.1 Å². The van der Waals surface area contributed by atoms with E-state index in [2.05, 4.69) is 69.4 Å². The van der Waals surface area contributed by atoms with E-state index in [1.165, 1.54) is 83.5 Å². The van der Waals surface area contributed by atoms with Crippen molar-refractivity contribution in [1.82, 2.24) is 0 Å². The lowest BCUT2D eigenvalue weighted by Gasteiger charge is -2.18. The van der Waals surface area contributed by atoms with Crippen LogP contribution in [0.4, 0.5) is 0 Å². The maximum absolute atomic E-state index is 12.7. The van der Waals surface area contributed by atoms with Gasteiger partial charge in [-0.25, -0.2) is 0 Å². The maximum Gasteiger partial charge on any atom is 0.306 e. The molecule has 0 N–H and O–H groups in total. The summed E-state index contributed by atoms with van der Waals surface area (Å²) >= 11 is 0. The van der Waals surface area contributed by atoms with Gasteiger partial charge in [0.05, 0.1) is 0 Å². The van der Waals surface area contributed by atoms with E-state index >= 15 is 0 Å². The molecule has 1 atom stereocenters. The molecule has 6 heteroatoms. The van der Waals surface area contributed by atoms with Gasteiger partial charge in [-0.1, -0.05) is 207 Å². The van der Waals surface area contributed by atoms with Gasteiger partial charge in [-0.15, -0.1) is 0 Å². The summed E-state index contributed by atoms with van der Waals surface area (Å²) in [7, 11) is 0. The molecule has 0 aliphatic heterocycles. The summed E-state index contributed by atoms with van der Waals surface area (Å²) < 4.78 is 16.6. The fourth-order valence-electron chi connectivity index (χ4n) is 6.04. The fourth-order valence-corrected chi connectivity index (χ4v) is 6.04. The SMILES string of the molecule is CC/C=C/C=C/C=C/C=C/C=C/CCCC(=O)OC(COC(=O)CC/C=C/C/C=C/CCCCCCCC)COC(=O)CCCCC/C=C/C=C/CCCCCCCCC. The Labute approximate surface area is 368 Å². The first-order chi connectivity index (χ1) is 29.5. The topological polar surface area (TPSA) is 78.9 Å². The first kappa shape index (κ1) is 56.1. The molecule has 0 aromatic rings. The molecule has 0 aliphatic rings. The van der Waals surface area contributed by atoms with Gasteiger partial charge in [0.1, 0.15) is 13.2 Å². The smallest absolute Gasteiger partial charge is 0.306 e. The Kier molecular flexibility index (Phi) is 44.6. The Morgan fingerprint density at radius 3 is 1.32 bits per heavy atom. The number of unbranched alkanes of at least 4 members (excludes halogenated alkanes) is 17. The van der Waals surface area contributed by atoms with Crippen molar-refractivity contribution in [3.63, 3.8) is 0 Å². The highest BCUT2D eigenvalue weighted by Crippen LogP contribution is 2.11. The molecule has 0 aromatic heterocycles. The van der Waals surface area contributed by atoms with Crippen molar-refractivity contribution in [2.45, 2.75) is 200 Å². The van der Waals surface area contributed by atoms with E-state index in [9.17, 15) is 14.4 Å². The summed E-state index contributed by atoms with van der Waals surface area (Å²) in [6.45, 7) is 6.31. The van der Waals surface area contributed by atoms with Crippen LogP contribution in [0.3, 0.4) is 0 Å². The number of rotatable bonds is 41. The predicted octanol–water partition coefficient (Wildman–Crippen LogP) is 15.6. The standard InChI is InChI=1S/C54H86O6/c1-4-7-10-13-16-19-22-25-26-27-30-32-35-38-41-44-47-53(56)59-50-51(60-54(57)48-45-42-39-36-33-29-24-21-18-15-12-9-6-3)49-58-52(55)46-43-40-37-34-31-28-23-20-17-14-11-8-5-2/h9,12,15,18,21,24,26-33,36-37,39-40,51H,4-8,10-11,13-14,16-17,19-20,22-23,25,34-35,38,41-50H2,1-3H3/b12-9+,18-15+,24-21+,27-26+,31-28+,32-30+,33-29+,39-36+,40-37+. The van der Waals surface area contributed by atoms with Gasteiger partial charge >= 0.3 is 17.9 Å². The van der Waals surface area contributed by atoms with Crippen LogP contribution in [0.2, 0.25) is 0 Å². The number of esters is 3. The van der Waals surface area contributed by atoms with Crippen LogP contribution in [0.1, 0.15) is 194 Å². The minimum Gasteiger partial charge on any atom is -0.462 e. The van der Waals surface area contributed by atoms with E-state index in [0.29, 0.717) is 25.7 Å². The Hall–Kier alpha value is -3.93.